The second-order valence-electron chi connectivity index (χ2n) is 8.03. The van der Waals surface area contributed by atoms with Crippen molar-refractivity contribution >= 4 is 11.8 Å². The lowest BCUT2D eigenvalue weighted by Gasteiger charge is -2.28. The lowest BCUT2D eigenvalue weighted by molar-refractivity contribution is 0.329. The molecule has 7 heteroatoms. The van der Waals surface area contributed by atoms with Crippen molar-refractivity contribution in [3.8, 4) is 11.8 Å². The van der Waals surface area contributed by atoms with E-state index in [4.69, 9.17) is 10.7 Å². The molecule has 0 atom stereocenters. The molecular weight excluding hydrogens is 374 g/mol. The van der Waals surface area contributed by atoms with Gasteiger partial charge < -0.3 is 16.4 Å². The zero-order valence-electron chi connectivity index (χ0n) is 18.1. The maximum Gasteiger partial charge on any atom is 0.191 e. The summed E-state index contributed by atoms with van der Waals surface area (Å²) in [6.45, 7) is 5.92. The minimum Gasteiger partial charge on any atom is -0.382 e. The lowest BCUT2D eigenvalue weighted by atomic mass is 9.87. The Hall–Kier alpha value is -3.01. The van der Waals surface area contributed by atoms with Crippen LogP contribution in [0.3, 0.4) is 0 Å². The van der Waals surface area contributed by atoms with Gasteiger partial charge in [0.15, 0.2) is 5.96 Å². The SMILES string of the molecule is CCNC(=NCCCc1nn(-c2ccccc2)c(N)c1C#N)NC1CCC(C)CC1. The van der Waals surface area contributed by atoms with Crippen LogP contribution in [0, 0.1) is 17.2 Å². The minimum atomic E-state index is 0.392. The molecule has 1 aromatic heterocycles. The van der Waals surface area contributed by atoms with Crippen molar-refractivity contribution in [3.05, 3.63) is 41.6 Å². The third-order valence-corrected chi connectivity index (χ3v) is 5.65. The molecular formula is C23H33N7. The second-order valence-corrected chi connectivity index (χ2v) is 8.03. The molecule has 1 fully saturated rings. The van der Waals surface area contributed by atoms with E-state index in [0.29, 0.717) is 30.4 Å². The molecule has 7 nitrogen and oxygen atoms in total. The Morgan fingerprint density at radius 3 is 2.67 bits per heavy atom. The topological polar surface area (TPSA) is 104 Å². The summed E-state index contributed by atoms with van der Waals surface area (Å²) >= 11 is 0. The van der Waals surface area contributed by atoms with E-state index in [1.165, 1.54) is 25.7 Å². The summed E-state index contributed by atoms with van der Waals surface area (Å²) in [4.78, 5) is 4.73. The van der Waals surface area contributed by atoms with Gasteiger partial charge in [-0.3, -0.25) is 4.99 Å². The van der Waals surface area contributed by atoms with E-state index >= 15 is 0 Å². The third kappa shape index (κ3) is 5.53. The molecule has 0 amide bonds. The average Bonchev–Trinajstić information content (AvgIpc) is 3.08. The quantitative estimate of drug-likeness (QED) is 0.371. The van der Waals surface area contributed by atoms with E-state index < -0.39 is 0 Å². The number of guanidine groups is 1. The number of anilines is 1. The van der Waals surface area contributed by atoms with Gasteiger partial charge in [0, 0.05) is 19.1 Å². The number of nitrogens with two attached hydrogens (primary N) is 1. The Morgan fingerprint density at radius 1 is 1.27 bits per heavy atom. The molecule has 1 aliphatic carbocycles. The van der Waals surface area contributed by atoms with Crippen molar-refractivity contribution in [1.82, 2.24) is 20.4 Å². The van der Waals surface area contributed by atoms with Gasteiger partial charge >= 0.3 is 0 Å². The molecule has 3 rings (SSSR count). The van der Waals surface area contributed by atoms with Crippen LogP contribution in [0.25, 0.3) is 5.69 Å². The Kier molecular flexibility index (Phi) is 7.72. The highest BCUT2D eigenvalue weighted by Crippen LogP contribution is 2.23. The average molecular weight is 408 g/mol. The number of nitrogen functional groups attached to an aromatic ring is 1. The highest BCUT2D eigenvalue weighted by Gasteiger charge is 2.19. The molecule has 160 valence electrons. The maximum atomic E-state index is 9.54. The lowest BCUT2D eigenvalue weighted by Crippen LogP contribution is -2.44. The van der Waals surface area contributed by atoms with Crippen LogP contribution in [0.5, 0.6) is 0 Å². The van der Waals surface area contributed by atoms with E-state index in [1.54, 1.807) is 4.68 Å². The van der Waals surface area contributed by atoms with Crippen LogP contribution in [0.1, 0.15) is 57.2 Å². The zero-order valence-corrected chi connectivity index (χ0v) is 18.1. The van der Waals surface area contributed by atoms with Crippen LogP contribution in [0.4, 0.5) is 5.82 Å². The predicted molar refractivity (Wildman–Crippen MR) is 122 cm³/mol. The maximum absolute atomic E-state index is 9.54. The van der Waals surface area contributed by atoms with Crippen LogP contribution in [-0.4, -0.2) is 34.9 Å². The summed E-state index contributed by atoms with van der Waals surface area (Å²) in [5.41, 5.74) is 8.23. The van der Waals surface area contributed by atoms with E-state index in [-0.39, 0.29) is 0 Å². The fourth-order valence-electron chi connectivity index (χ4n) is 3.90. The monoisotopic (exact) mass is 407 g/mol. The molecule has 1 heterocycles. The summed E-state index contributed by atoms with van der Waals surface area (Å²) in [6.07, 6.45) is 6.43. The molecule has 0 aliphatic heterocycles. The van der Waals surface area contributed by atoms with Crippen LogP contribution in [0.15, 0.2) is 35.3 Å². The first-order valence-corrected chi connectivity index (χ1v) is 11.0. The number of aryl methyl sites for hydroxylation is 1. The number of nitriles is 1. The molecule has 0 saturated heterocycles. The highest BCUT2D eigenvalue weighted by molar-refractivity contribution is 5.80. The number of rotatable bonds is 7. The van der Waals surface area contributed by atoms with Crippen LogP contribution >= 0.6 is 0 Å². The Morgan fingerprint density at radius 2 is 2.00 bits per heavy atom. The number of nitrogens with one attached hydrogen (secondary N) is 2. The molecule has 1 saturated carbocycles. The fourth-order valence-corrected chi connectivity index (χ4v) is 3.90. The molecule has 0 unspecified atom stereocenters. The molecule has 30 heavy (non-hydrogen) atoms. The van der Waals surface area contributed by atoms with Crippen molar-refractivity contribution in [3.63, 3.8) is 0 Å². The van der Waals surface area contributed by atoms with Gasteiger partial charge in [-0.15, -0.1) is 0 Å². The third-order valence-electron chi connectivity index (χ3n) is 5.65. The Bertz CT molecular complexity index is 871. The molecule has 0 radical (unpaired) electrons. The summed E-state index contributed by atoms with van der Waals surface area (Å²) in [5.74, 6) is 2.11. The van der Waals surface area contributed by atoms with Gasteiger partial charge in [-0.1, -0.05) is 25.1 Å². The van der Waals surface area contributed by atoms with Crippen LogP contribution in [-0.2, 0) is 6.42 Å². The van der Waals surface area contributed by atoms with E-state index in [9.17, 15) is 5.26 Å². The minimum absolute atomic E-state index is 0.392. The second kappa shape index (κ2) is 10.7. The van der Waals surface area contributed by atoms with Crippen molar-refractivity contribution in [2.75, 3.05) is 18.8 Å². The first kappa shape index (κ1) is 21.7. The van der Waals surface area contributed by atoms with Crippen molar-refractivity contribution in [2.24, 2.45) is 10.9 Å². The number of para-hydroxylation sites is 1. The molecule has 4 N–H and O–H groups in total. The zero-order chi connectivity index (χ0) is 21.3. The smallest absolute Gasteiger partial charge is 0.191 e. The molecule has 1 aliphatic rings. The van der Waals surface area contributed by atoms with Gasteiger partial charge in [0.1, 0.15) is 17.5 Å². The Balaban J connectivity index is 1.60. The largest absolute Gasteiger partial charge is 0.382 e. The first-order valence-electron chi connectivity index (χ1n) is 11.0. The van der Waals surface area contributed by atoms with Gasteiger partial charge in [0.2, 0.25) is 0 Å². The van der Waals surface area contributed by atoms with Gasteiger partial charge in [-0.2, -0.15) is 10.4 Å². The van der Waals surface area contributed by atoms with Gasteiger partial charge in [-0.05, 0) is 63.5 Å². The summed E-state index contributed by atoms with van der Waals surface area (Å²) in [5, 5.41) is 21.1. The van der Waals surface area contributed by atoms with Crippen LogP contribution in [0.2, 0.25) is 0 Å². The van der Waals surface area contributed by atoms with Gasteiger partial charge in [-0.25, -0.2) is 4.68 Å². The standard InChI is InChI=1S/C23H33N7/c1-3-26-23(28-18-13-11-17(2)12-14-18)27-15-7-10-21-20(16-24)22(25)30(29-21)19-8-5-4-6-9-19/h4-6,8-9,17-18H,3,7,10-15,25H2,1-2H3,(H2,26,27,28). The fraction of sp³-hybridized carbons (Fsp3) is 0.522. The predicted octanol–water partition coefficient (Wildman–Crippen LogP) is 3.39. The van der Waals surface area contributed by atoms with Crippen LogP contribution < -0.4 is 16.4 Å². The number of hydrogen-bond acceptors (Lipinski definition) is 4. The first-order chi connectivity index (χ1) is 14.6. The molecule has 1 aromatic carbocycles. The molecule has 0 spiro atoms. The molecule has 0 bridgehead atoms. The number of aromatic nitrogens is 2. The molecule has 2 aromatic rings. The summed E-state index contributed by atoms with van der Waals surface area (Å²) in [6, 6.07) is 12.4. The number of hydrogen-bond donors (Lipinski definition) is 3. The van der Waals surface area contributed by atoms with E-state index in [1.807, 2.05) is 30.3 Å². The van der Waals surface area contributed by atoms with Crippen molar-refractivity contribution in [1.29, 1.82) is 5.26 Å². The summed E-state index contributed by atoms with van der Waals surface area (Å²) in [7, 11) is 0. The number of nitrogens with zero attached hydrogens (tertiary/aromatic N) is 4. The van der Waals surface area contributed by atoms with Crippen molar-refractivity contribution in [2.45, 2.75) is 58.4 Å². The van der Waals surface area contributed by atoms with Crippen molar-refractivity contribution < 1.29 is 0 Å². The summed E-state index contributed by atoms with van der Waals surface area (Å²) < 4.78 is 1.65. The highest BCUT2D eigenvalue weighted by atomic mass is 15.3. The van der Waals surface area contributed by atoms with E-state index in [0.717, 1.165) is 36.2 Å². The number of aliphatic imine (C=N–C) groups is 1. The van der Waals surface area contributed by atoms with Gasteiger partial charge in [0.05, 0.1) is 11.4 Å². The Labute approximate surface area is 179 Å². The normalized spacial score (nSPS) is 19.3. The van der Waals surface area contributed by atoms with E-state index in [2.05, 4.69) is 35.6 Å². The number of benzene rings is 1. The van der Waals surface area contributed by atoms with Gasteiger partial charge in [0.25, 0.3) is 0 Å².